The van der Waals surface area contributed by atoms with E-state index in [1.807, 2.05) is 18.2 Å². The number of hydrogen-bond donors (Lipinski definition) is 2. The van der Waals surface area contributed by atoms with Crippen molar-refractivity contribution in [1.82, 2.24) is 9.97 Å². The van der Waals surface area contributed by atoms with Crippen LogP contribution >= 0.6 is 22.9 Å². The number of benzene rings is 2. The fourth-order valence-electron chi connectivity index (χ4n) is 2.69. The number of fused-ring (bicyclic) bond motifs is 1. The van der Waals surface area contributed by atoms with Gasteiger partial charge in [-0.05, 0) is 42.0 Å². The fraction of sp³-hybridized carbons (Fsp3) is 0. The topological polar surface area (TPSA) is 80.9 Å². The molecule has 128 valence electrons. The molecular formula is C19H13ClN4OS. The molecule has 0 aliphatic rings. The number of anilines is 2. The average molecular weight is 381 g/mol. The maximum atomic E-state index is 12.7. The molecule has 0 spiro atoms. The predicted molar refractivity (Wildman–Crippen MR) is 107 cm³/mol. The molecule has 0 aliphatic heterocycles. The summed E-state index contributed by atoms with van der Waals surface area (Å²) in [5, 5.41) is 3.91. The van der Waals surface area contributed by atoms with Crippen LogP contribution in [0.4, 0.5) is 10.8 Å². The van der Waals surface area contributed by atoms with Crippen LogP contribution in [0.5, 0.6) is 0 Å². The van der Waals surface area contributed by atoms with Gasteiger partial charge in [-0.2, -0.15) is 0 Å². The Hall–Kier alpha value is -2.96. The summed E-state index contributed by atoms with van der Waals surface area (Å²) in [5.74, 6) is -0.227. The van der Waals surface area contributed by atoms with Gasteiger partial charge < -0.3 is 11.1 Å². The number of carbonyl (C=O) groups excluding carboxylic acids is 1. The van der Waals surface area contributed by atoms with Crippen LogP contribution in [0, 0.1) is 0 Å². The molecule has 2 aromatic carbocycles. The van der Waals surface area contributed by atoms with Crippen molar-refractivity contribution in [1.29, 1.82) is 0 Å². The maximum Gasteiger partial charge on any atom is 0.255 e. The zero-order valence-corrected chi connectivity index (χ0v) is 15.0. The third-order valence-corrected chi connectivity index (χ3v) is 4.90. The Kier molecular flexibility index (Phi) is 4.28. The number of nitrogens with one attached hydrogen (secondary N) is 1. The quantitative estimate of drug-likeness (QED) is 0.532. The SMILES string of the molecule is Nc1nc2c(-c3cccc(Cl)c3)cc(C(=O)Nc3cccnc3)cc2s1. The van der Waals surface area contributed by atoms with E-state index in [0.717, 1.165) is 21.3 Å². The van der Waals surface area contributed by atoms with E-state index in [0.29, 0.717) is 21.4 Å². The molecule has 0 saturated carbocycles. The van der Waals surface area contributed by atoms with E-state index in [1.165, 1.54) is 11.3 Å². The Morgan fingerprint density at radius 1 is 1.15 bits per heavy atom. The maximum absolute atomic E-state index is 12.7. The van der Waals surface area contributed by atoms with Gasteiger partial charge in [0, 0.05) is 22.3 Å². The molecule has 0 saturated heterocycles. The number of carbonyl (C=O) groups is 1. The van der Waals surface area contributed by atoms with Gasteiger partial charge in [0.1, 0.15) is 0 Å². The van der Waals surface area contributed by atoms with Crippen molar-refractivity contribution in [3.05, 3.63) is 71.5 Å². The molecule has 0 radical (unpaired) electrons. The highest BCUT2D eigenvalue weighted by Crippen LogP contribution is 2.35. The van der Waals surface area contributed by atoms with E-state index in [4.69, 9.17) is 17.3 Å². The molecular weight excluding hydrogens is 368 g/mol. The molecule has 4 rings (SSSR count). The summed E-state index contributed by atoms with van der Waals surface area (Å²) < 4.78 is 0.844. The van der Waals surface area contributed by atoms with Crippen LogP contribution in [0.25, 0.3) is 21.3 Å². The van der Waals surface area contributed by atoms with Gasteiger partial charge in [0.2, 0.25) is 0 Å². The van der Waals surface area contributed by atoms with Crippen LogP contribution < -0.4 is 11.1 Å². The van der Waals surface area contributed by atoms with E-state index in [-0.39, 0.29) is 5.91 Å². The molecule has 0 unspecified atom stereocenters. The molecule has 0 atom stereocenters. The number of pyridine rings is 1. The van der Waals surface area contributed by atoms with Crippen molar-refractivity contribution >= 4 is 49.9 Å². The molecule has 2 aromatic heterocycles. The first-order chi connectivity index (χ1) is 12.6. The van der Waals surface area contributed by atoms with Crippen LogP contribution in [0.2, 0.25) is 5.02 Å². The summed E-state index contributed by atoms with van der Waals surface area (Å²) in [4.78, 5) is 21.1. The van der Waals surface area contributed by atoms with E-state index in [9.17, 15) is 4.79 Å². The van der Waals surface area contributed by atoms with Crippen LogP contribution in [-0.2, 0) is 0 Å². The highest BCUT2D eigenvalue weighted by Gasteiger charge is 2.15. The Morgan fingerprint density at radius 3 is 2.81 bits per heavy atom. The molecule has 1 amide bonds. The lowest BCUT2D eigenvalue weighted by Gasteiger charge is -2.09. The normalized spacial score (nSPS) is 10.8. The molecule has 7 heteroatoms. The largest absolute Gasteiger partial charge is 0.375 e. The minimum Gasteiger partial charge on any atom is -0.375 e. The number of amides is 1. The highest BCUT2D eigenvalue weighted by atomic mass is 35.5. The van der Waals surface area contributed by atoms with Crippen molar-refractivity contribution in [2.75, 3.05) is 11.1 Å². The van der Waals surface area contributed by atoms with Crippen molar-refractivity contribution in [2.45, 2.75) is 0 Å². The van der Waals surface area contributed by atoms with Gasteiger partial charge in [-0.1, -0.05) is 35.1 Å². The zero-order chi connectivity index (χ0) is 18.1. The van der Waals surface area contributed by atoms with Gasteiger partial charge in [0.05, 0.1) is 22.1 Å². The van der Waals surface area contributed by atoms with Crippen LogP contribution in [0.1, 0.15) is 10.4 Å². The smallest absolute Gasteiger partial charge is 0.255 e. The van der Waals surface area contributed by atoms with E-state index in [1.54, 1.807) is 42.7 Å². The second-order valence-corrected chi connectivity index (χ2v) is 7.13. The van der Waals surface area contributed by atoms with Crippen LogP contribution in [0.3, 0.4) is 0 Å². The monoisotopic (exact) mass is 380 g/mol. The van der Waals surface area contributed by atoms with Crippen molar-refractivity contribution in [3.63, 3.8) is 0 Å². The van der Waals surface area contributed by atoms with Crippen molar-refractivity contribution in [2.24, 2.45) is 0 Å². The van der Waals surface area contributed by atoms with Gasteiger partial charge in [0.15, 0.2) is 5.13 Å². The molecule has 2 heterocycles. The summed E-state index contributed by atoms with van der Waals surface area (Å²) in [6, 6.07) is 14.6. The number of hydrogen-bond acceptors (Lipinski definition) is 5. The summed E-state index contributed by atoms with van der Waals surface area (Å²) in [5.41, 5.74) is 9.48. The standard InChI is InChI=1S/C19H13ClN4OS/c20-13-4-1-3-11(7-13)15-8-12(9-16-17(15)24-19(21)26-16)18(25)23-14-5-2-6-22-10-14/h1-10H,(H2,21,24)(H,23,25). The van der Waals surface area contributed by atoms with Gasteiger partial charge in [-0.15, -0.1) is 0 Å². The third-order valence-electron chi connectivity index (χ3n) is 3.83. The molecule has 26 heavy (non-hydrogen) atoms. The first kappa shape index (κ1) is 16.5. The van der Waals surface area contributed by atoms with Crippen molar-refractivity contribution in [3.8, 4) is 11.1 Å². The summed E-state index contributed by atoms with van der Waals surface area (Å²) >= 11 is 7.48. The number of nitrogen functional groups attached to an aromatic ring is 1. The third kappa shape index (κ3) is 3.24. The highest BCUT2D eigenvalue weighted by molar-refractivity contribution is 7.22. The minimum atomic E-state index is -0.227. The number of thiazole rings is 1. The Morgan fingerprint density at radius 2 is 2.04 bits per heavy atom. The predicted octanol–water partition coefficient (Wildman–Crippen LogP) is 4.85. The van der Waals surface area contributed by atoms with Crippen LogP contribution in [-0.4, -0.2) is 15.9 Å². The molecule has 0 aliphatic carbocycles. The number of nitrogens with two attached hydrogens (primary N) is 1. The molecule has 4 aromatic rings. The first-order valence-electron chi connectivity index (χ1n) is 7.77. The summed E-state index contributed by atoms with van der Waals surface area (Å²) in [6.07, 6.45) is 3.25. The zero-order valence-electron chi connectivity index (χ0n) is 13.4. The number of aromatic nitrogens is 2. The van der Waals surface area contributed by atoms with Crippen molar-refractivity contribution < 1.29 is 4.79 Å². The molecule has 3 N–H and O–H groups in total. The van der Waals surface area contributed by atoms with Gasteiger partial charge in [-0.3, -0.25) is 9.78 Å². The van der Waals surface area contributed by atoms with E-state index >= 15 is 0 Å². The molecule has 0 fully saturated rings. The van der Waals surface area contributed by atoms with E-state index < -0.39 is 0 Å². The minimum absolute atomic E-state index is 0.227. The number of halogens is 1. The summed E-state index contributed by atoms with van der Waals surface area (Å²) in [7, 11) is 0. The second kappa shape index (κ2) is 6.74. The lowest BCUT2D eigenvalue weighted by molar-refractivity contribution is 0.102. The van der Waals surface area contributed by atoms with Gasteiger partial charge in [-0.25, -0.2) is 4.98 Å². The fourth-order valence-corrected chi connectivity index (χ4v) is 3.68. The lowest BCUT2D eigenvalue weighted by Crippen LogP contribution is -2.12. The number of nitrogens with zero attached hydrogens (tertiary/aromatic N) is 2. The second-order valence-electron chi connectivity index (χ2n) is 5.63. The first-order valence-corrected chi connectivity index (χ1v) is 8.97. The molecule has 5 nitrogen and oxygen atoms in total. The summed E-state index contributed by atoms with van der Waals surface area (Å²) in [6.45, 7) is 0. The Bertz CT molecular complexity index is 1110. The molecule has 0 bridgehead atoms. The number of rotatable bonds is 3. The van der Waals surface area contributed by atoms with Gasteiger partial charge in [0.25, 0.3) is 5.91 Å². The average Bonchev–Trinajstić information content (AvgIpc) is 3.01. The Labute approximate surface area is 158 Å². The van der Waals surface area contributed by atoms with Crippen LogP contribution in [0.15, 0.2) is 60.9 Å². The van der Waals surface area contributed by atoms with Gasteiger partial charge >= 0.3 is 0 Å². The van der Waals surface area contributed by atoms with E-state index in [2.05, 4.69) is 15.3 Å². The lowest BCUT2D eigenvalue weighted by atomic mass is 10.0. The Balaban J connectivity index is 1.82.